The summed E-state index contributed by atoms with van der Waals surface area (Å²) < 4.78 is 6.93. The van der Waals surface area contributed by atoms with Gasteiger partial charge in [0.25, 0.3) is 0 Å². The largest absolute Gasteiger partial charge is 0.481 e. The van der Waals surface area contributed by atoms with Crippen molar-refractivity contribution in [2.24, 2.45) is 0 Å². The molecule has 0 bridgehead atoms. The van der Waals surface area contributed by atoms with Gasteiger partial charge in [-0.1, -0.05) is 0 Å². The number of aryl methyl sites for hydroxylation is 1. The summed E-state index contributed by atoms with van der Waals surface area (Å²) in [7, 11) is 1.61. The van der Waals surface area contributed by atoms with E-state index in [4.69, 9.17) is 4.74 Å². The molecule has 0 unspecified atom stereocenters. The first-order valence-electron chi connectivity index (χ1n) is 8.45. The van der Waals surface area contributed by atoms with Gasteiger partial charge >= 0.3 is 0 Å². The maximum atomic E-state index is 5.18. The van der Waals surface area contributed by atoms with Crippen LogP contribution in [0.1, 0.15) is 5.82 Å². The molecule has 0 radical (unpaired) electrons. The molecule has 1 saturated heterocycles. The summed E-state index contributed by atoms with van der Waals surface area (Å²) in [4.78, 5) is 22.2. The molecule has 0 saturated carbocycles. The standard InChI is InChI=1S/C17H20N8O/c1-13-20-14(12-15(21-13)25-7-3-5-19-25)23-8-10-24(11-9-23)17-18-6-4-16(22-17)26-2/h3-7,12H,8-11H2,1-2H3. The number of hydrogen-bond acceptors (Lipinski definition) is 8. The highest BCUT2D eigenvalue weighted by molar-refractivity contribution is 5.46. The van der Waals surface area contributed by atoms with E-state index in [1.807, 2.05) is 25.3 Å². The van der Waals surface area contributed by atoms with Crippen LogP contribution in [-0.4, -0.2) is 63.0 Å². The van der Waals surface area contributed by atoms with Gasteiger partial charge in [0.2, 0.25) is 11.8 Å². The van der Waals surface area contributed by atoms with Crippen molar-refractivity contribution in [3.05, 3.63) is 42.6 Å². The van der Waals surface area contributed by atoms with Crippen LogP contribution < -0.4 is 14.5 Å². The van der Waals surface area contributed by atoms with E-state index in [9.17, 15) is 0 Å². The molecule has 4 heterocycles. The summed E-state index contributed by atoms with van der Waals surface area (Å²) in [5.41, 5.74) is 0. The van der Waals surface area contributed by atoms with E-state index in [2.05, 4.69) is 34.8 Å². The smallest absolute Gasteiger partial charge is 0.228 e. The van der Waals surface area contributed by atoms with Gasteiger partial charge in [-0.3, -0.25) is 0 Å². The average molecular weight is 352 g/mol. The van der Waals surface area contributed by atoms with Gasteiger partial charge in [0.05, 0.1) is 7.11 Å². The number of hydrogen-bond donors (Lipinski definition) is 0. The minimum absolute atomic E-state index is 0.577. The first-order chi connectivity index (χ1) is 12.7. The highest BCUT2D eigenvalue weighted by Gasteiger charge is 2.21. The number of anilines is 2. The zero-order valence-electron chi connectivity index (χ0n) is 14.8. The molecule has 26 heavy (non-hydrogen) atoms. The third kappa shape index (κ3) is 3.28. The van der Waals surface area contributed by atoms with Gasteiger partial charge in [0, 0.05) is 56.9 Å². The lowest BCUT2D eigenvalue weighted by Gasteiger charge is -2.35. The summed E-state index contributed by atoms with van der Waals surface area (Å²) in [5.74, 6) is 3.68. The van der Waals surface area contributed by atoms with Crippen LogP contribution in [-0.2, 0) is 0 Å². The molecule has 134 valence electrons. The van der Waals surface area contributed by atoms with Crippen molar-refractivity contribution >= 4 is 11.8 Å². The van der Waals surface area contributed by atoms with Crippen LogP contribution in [0.4, 0.5) is 11.8 Å². The third-order valence-corrected chi connectivity index (χ3v) is 4.26. The summed E-state index contributed by atoms with van der Waals surface area (Å²) in [6, 6.07) is 5.60. The van der Waals surface area contributed by atoms with Crippen molar-refractivity contribution < 1.29 is 4.74 Å². The first kappa shape index (κ1) is 16.2. The van der Waals surface area contributed by atoms with Crippen LogP contribution in [0.15, 0.2) is 36.8 Å². The van der Waals surface area contributed by atoms with Gasteiger partial charge in [-0.2, -0.15) is 10.1 Å². The number of ether oxygens (including phenoxy) is 1. The molecule has 3 aromatic heterocycles. The van der Waals surface area contributed by atoms with Gasteiger partial charge in [-0.15, -0.1) is 0 Å². The van der Waals surface area contributed by atoms with Crippen LogP contribution in [0.25, 0.3) is 5.82 Å². The Labute approximate surface area is 151 Å². The Morgan fingerprint density at radius 2 is 1.73 bits per heavy atom. The predicted molar refractivity (Wildman–Crippen MR) is 96.9 cm³/mol. The SMILES string of the molecule is COc1ccnc(N2CCN(c3cc(-n4cccn4)nc(C)n3)CC2)n1. The third-order valence-electron chi connectivity index (χ3n) is 4.26. The predicted octanol–water partition coefficient (Wildman–Crippen LogP) is 1.10. The second-order valence-electron chi connectivity index (χ2n) is 5.96. The molecule has 0 atom stereocenters. The van der Waals surface area contributed by atoms with E-state index in [1.165, 1.54) is 0 Å². The zero-order chi connectivity index (χ0) is 17.9. The monoisotopic (exact) mass is 352 g/mol. The van der Waals surface area contributed by atoms with Crippen LogP contribution in [0, 0.1) is 6.92 Å². The molecule has 9 nitrogen and oxygen atoms in total. The van der Waals surface area contributed by atoms with Crippen LogP contribution >= 0.6 is 0 Å². The molecule has 0 spiro atoms. The fourth-order valence-electron chi connectivity index (χ4n) is 2.95. The Morgan fingerprint density at radius 3 is 2.46 bits per heavy atom. The van der Waals surface area contributed by atoms with Gasteiger partial charge in [0.1, 0.15) is 11.6 Å². The number of nitrogens with zero attached hydrogens (tertiary/aromatic N) is 8. The van der Waals surface area contributed by atoms with Crippen molar-refractivity contribution in [1.82, 2.24) is 29.7 Å². The molecular formula is C17H20N8O. The molecule has 1 aliphatic rings. The summed E-state index contributed by atoms with van der Waals surface area (Å²) in [5, 5.41) is 4.25. The van der Waals surface area contributed by atoms with Crippen LogP contribution in [0.5, 0.6) is 5.88 Å². The Kier molecular flexibility index (Phi) is 4.34. The highest BCUT2D eigenvalue weighted by atomic mass is 16.5. The lowest BCUT2D eigenvalue weighted by molar-refractivity contribution is 0.396. The lowest BCUT2D eigenvalue weighted by atomic mass is 10.3. The average Bonchev–Trinajstić information content (AvgIpc) is 3.23. The van der Waals surface area contributed by atoms with Crippen LogP contribution in [0.2, 0.25) is 0 Å². The topological polar surface area (TPSA) is 85.1 Å². The molecular weight excluding hydrogens is 332 g/mol. The molecule has 0 aliphatic carbocycles. The fourth-order valence-corrected chi connectivity index (χ4v) is 2.95. The normalized spacial score (nSPS) is 14.5. The molecule has 0 N–H and O–H groups in total. The van der Waals surface area contributed by atoms with Gasteiger partial charge < -0.3 is 14.5 Å². The van der Waals surface area contributed by atoms with E-state index in [0.29, 0.717) is 11.8 Å². The van der Waals surface area contributed by atoms with E-state index < -0.39 is 0 Å². The van der Waals surface area contributed by atoms with Gasteiger partial charge in [-0.25, -0.2) is 19.6 Å². The van der Waals surface area contributed by atoms with Crippen molar-refractivity contribution in [3.8, 4) is 11.7 Å². The van der Waals surface area contributed by atoms with E-state index >= 15 is 0 Å². The molecule has 0 aromatic carbocycles. The number of methoxy groups -OCH3 is 1. The fraction of sp³-hybridized carbons (Fsp3) is 0.353. The Morgan fingerprint density at radius 1 is 0.962 bits per heavy atom. The number of rotatable bonds is 4. The maximum Gasteiger partial charge on any atom is 0.228 e. The Hall–Kier alpha value is -3.23. The van der Waals surface area contributed by atoms with E-state index in [-0.39, 0.29) is 0 Å². The number of aromatic nitrogens is 6. The maximum absolute atomic E-state index is 5.18. The van der Waals surface area contributed by atoms with Crippen LogP contribution in [0.3, 0.4) is 0 Å². The second kappa shape index (κ2) is 6.95. The molecule has 0 amide bonds. The van der Waals surface area contributed by atoms with Crippen molar-refractivity contribution in [3.63, 3.8) is 0 Å². The van der Waals surface area contributed by atoms with Crippen molar-refractivity contribution in [2.45, 2.75) is 6.92 Å². The quantitative estimate of drug-likeness (QED) is 0.690. The lowest BCUT2D eigenvalue weighted by Crippen LogP contribution is -2.47. The second-order valence-corrected chi connectivity index (χ2v) is 5.96. The molecule has 1 aliphatic heterocycles. The van der Waals surface area contributed by atoms with E-state index in [1.54, 1.807) is 30.3 Å². The minimum atomic E-state index is 0.577. The summed E-state index contributed by atoms with van der Waals surface area (Å²) in [6.07, 6.45) is 5.34. The zero-order valence-corrected chi connectivity index (χ0v) is 14.8. The van der Waals surface area contributed by atoms with Gasteiger partial charge in [0.15, 0.2) is 5.82 Å². The highest BCUT2D eigenvalue weighted by Crippen LogP contribution is 2.19. The Balaban J connectivity index is 1.49. The summed E-state index contributed by atoms with van der Waals surface area (Å²) >= 11 is 0. The molecule has 9 heteroatoms. The first-order valence-corrected chi connectivity index (χ1v) is 8.45. The minimum Gasteiger partial charge on any atom is -0.481 e. The van der Waals surface area contributed by atoms with Gasteiger partial charge in [-0.05, 0) is 13.0 Å². The molecule has 4 rings (SSSR count). The van der Waals surface area contributed by atoms with Crippen molar-refractivity contribution in [1.29, 1.82) is 0 Å². The Bertz CT molecular complexity index is 874. The van der Waals surface area contributed by atoms with E-state index in [0.717, 1.165) is 43.6 Å². The molecule has 3 aromatic rings. The van der Waals surface area contributed by atoms with Crippen molar-refractivity contribution in [2.75, 3.05) is 43.1 Å². The summed E-state index contributed by atoms with van der Waals surface area (Å²) in [6.45, 7) is 5.18. The number of piperazine rings is 1. The molecule has 1 fully saturated rings.